The lowest BCUT2D eigenvalue weighted by molar-refractivity contribution is 0.0603. The summed E-state index contributed by atoms with van der Waals surface area (Å²) in [5.74, 6) is -0.435. The van der Waals surface area contributed by atoms with Crippen LogP contribution in [0.5, 0.6) is 0 Å². The van der Waals surface area contributed by atoms with Crippen molar-refractivity contribution in [1.82, 2.24) is 8.97 Å². The van der Waals surface area contributed by atoms with Crippen LogP contribution in [-0.4, -0.2) is 22.0 Å². The molecule has 0 spiro atoms. The molecule has 4 aromatic rings. The van der Waals surface area contributed by atoms with E-state index in [1.54, 1.807) is 10.6 Å². The Hall–Kier alpha value is -2.82. The fourth-order valence-corrected chi connectivity index (χ4v) is 3.39. The van der Waals surface area contributed by atoms with Crippen LogP contribution in [0.25, 0.3) is 27.5 Å². The number of methoxy groups -OCH3 is 1. The maximum Gasteiger partial charge on any atom is 0.338 e. The number of ether oxygens (including phenoxy) is 1. The highest BCUT2D eigenvalue weighted by Gasteiger charge is 2.22. The highest BCUT2D eigenvalue weighted by atomic mass is 16.5. The fraction of sp³-hybridized carbons (Fsp3) is 0.222. The summed E-state index contributed by atoms with van der Waals surface area (Å²) >= 11 is 0. The van der Waals surface area contributed by atoms with E-state index in [9.17, 15) is 9.59 Å². The summed E-state index contributed by atoms with van der Waals surface area (Å²) in [6.07, 6.45) is 0. The third-order valence-electron chi connectivity index (χ3n) is 4.33. The number of aromatic nitrogens is 2. The van der Waals surface area contributed by atoms with E-state index in [4.69, 9.17) is 4.74 Å². The fourth-order valence-electron chi connectivity index (χ4n) is 3.39. The standard InChI is InChI=1S/C18H16N2O3/c1-10(2)19-15-8-11-6-4-5-7-12-13(18(22)23-3)9-14(17(19)21)20(15)16(11)12/h4-10H,1-3H3. The van der Waals surface area contributed by atoms with Gasteiger partial charge in [0, 0.05) is 16.8 Å². The molecule has 0 saturated heterocycles. The summed E-state index contributed by atoms with van der Waals surface area (Å²) in [6.45, 7) is 3.96. The molecular weight excluding hydrogens is 292 g/mol. The average molecular weight is 308 g/mol. The lowest BCUT2D eigenvalue weighted by atomic mass is 10.1. The quantitative estimate of drug-likeness (QED) is 0.534. The topological polar surface area (TPSA) is 52.7 Å². The van der Waals surface area contributed by atoms with Crippen molar-refractivity contribution in [3.8, 4) is 0 Å². The van der Waals surface area contributed by atoms with Crippen LogP contribution in [0.15, 0.2) is 41.2 Å². The van der Waals surface area contributed by atoms with E-state index < -0.39 is 5.97 Å². The molecule has 23 heavy (non-hydrogen) atoms. The Morgan fingerprint density at radius 1 is 1.17 bits per heavy atom. The molecule has 0 unspecified atom stereocenters. The van der Waals surface area contributed by atoms with Crippen molar-refractivity contribution >= 4 is 33.4 Å². The zero-order valence-corrected chi connectivity index (χ0v) is 13.2. The molecular formula is C18H16N2O3. The second-order valence-electron chi connectivity index (χ2n) is 5.98. The molecule has 0 radical (unpaired) electrons. The van der Waals surface area contributed by atoms with Gasteiger partial charge in [-0.1, -0.05) is 24.3 Å². The summed E-state index contributed by atoms with van der Waals surface area (Å²) in [5.41, 5.74) is 2.56. The van der Waals surface area contributed by atoms with Gasteiger partial charge in [0.25, 0.3) is 5.56 Å². The van der Waals surface area contributed by atoms with Crippen molar-refractivity contribution in [2.75, 3.05) is 7.11 Å². The molecule has 0 aliphatic heterocycles. The van der Waals surface area contributed by atoms with E-state index in [1.165, 1.54) is 7.11 Å². The first-order chi connectivity index (χ1) is 11.0. The van der Waals surface area contributed by atoms with E-state index in [2.05, 4.69) is 0 Å². The number of pyridine rings is 1. The van der Waals surface area contributed by atoms with Crippen LogP contribution < -0.4 is 5.56 Å². The first-order valence-corrected chi connectivity index (χ1v) is 7.53. The average Bonchev–Trinajstić information content (AvgIpc) is 2.93. The Labute approximate surface area is 132 Å². The van der Waals surface area contributed by atoms with Gasteiger partial charge in [0.2, 0.25) is 0 Å². The van der Waals surface area contributed by atoms with E-state index in [0.717, 1.165) is 21.9 Å². The van der Waals surface area contributed by atoms with E-state index in [-0.39, 0.29) is 11.6 Å². The minimum absolute atomic E-state index is 0.0355. The predicted molar refractivity (Wildman–Crippen MR) is 89.6 cm³/mol. The van der Waals surface area contributed by atoms with Gasteiger partial charge in [-0.3, -0.25) is 13.8 Å². The molecule has 0 aliphatic carbocycles. The minimum atomic E-state index is -0.435. The Morgan fingerprint density at radius 2 is 1.91 bits per heavy atom. The highest BCUT2D eigenvalue weighted by molar-refractivity contribution is 6.11. The number of hydrogen-bond acceptors (Lipinski definition) is 3. The molecule has 0 bridgehead atoms. The van der Waals surface area contributed by atoms with Crippen LogP contribution >= 0.6 is 0 Å². The van der Waals surface area contributed by atoms with Crippen molar-refractivity contribution in [3.05, 3.63) is 52.3 Å². The maximum atomic E-state index is 12.8. The summed E-state index contributed by atoms with van der Waals surface area (Å²) in [6, 6.07) is 11.4. The number of nitrogens with zero attached hydrogens (tertiary/aromatic N) is 2. The smallest absolute Gasteiger partial charge is 0.338 e. The van der Waals surface area contributed by atoms with E-state index >= 15 is 0 Å². The normalized spacial score (nSPS) is 12.0. The molecule has 116 valence electrons. The molecule has 0 saturated carbocycles. The van der Waals surface area contributed by atoms with E-state index in [0.29, 0.717) is 11.1 Å². The number of imidazole rings is 1. The molecule has 5 heteroatoms. The number of hydrogen-bond donors (Lipinski definition) is 0. The second kappa shape index (κ2) is 4.59. The Bertz CT molecular complexity index is 1120. The lowest BCUT2D eigenvalue weighted by Crippen LogP contribution is -2.17. The Morgan fingerprint density at radius 3 is 2.61 bits per heavy atom. The zero-order valence-electron chi connectivity index (χ0n) is 13.2. The van der Waals surface area contributed by atoms with Gasteiger partial charge in [-0.05, 0) is 26.0 Å². The van der Waals surface area contributed by atoms with Crippen molar-refractivity contribution in [1.29, 1.82) is 0 Å². The molecule has 0 N–H and O–H groups in total. The number of carbonyl (C=O) groups excluding carboxylic acids is 1. The van der Waals surface area contributed by atoms with Crippen molar-refractivity contribution in [2.24, 2.45) is 0 Å². The van der Waals surface area contributed by atoms with Crippen LogP contribution in [0.4, 0.5) is 0 Å². The first kappa shape index (κ1) is 13.8. The Balaban J connectivity index is 2.35. The Kier molecular flexibility index (Phi) is 2.75. The first-order valence-electron chi connectivity index (χ1n) is 7.53. The predicted octanol–water partition coefficient (Wildman–Crippen LogP) is 3.21. The molecule has 0 atom stereocenters. The van der Waals surface area contributed by atoms with Gasteiger partial charge < -0.3 is 4.74 Å². The van der Waals surface area contributed by atoms with Gasteiger partial charge in [0.15, 0.2) is 0 Å². The zero-order chi connectivity index (χ0) is 16.3. The van der Waals surface area contributed by atoms with E-state index in [1.807, 2.05) is 48.6 Å². The highest BCUT2D eigenvalue weighted by Crippen LogP contribution is 2.31. The van der Waals surface area contributed by atoms with Crippen LogP contribution in [0, 0.1) is 0 Å². The summed E-state index contributed by atoms with van der Waals surface area (Å²) in [4.78, 5) is 25.0. The van der Waals surface area contributed by atoms with Gasteiger partial charge in [0.1, 0.15) is 11.2 Å². The molecule has 0 amide bonds. The van der Waals surface area contributed by atoms with Gasteiger partial charge in [-0.25, -0.2) is 4.79 Å². The lowest BCUT2D eigenvalue weighted by Gasteiger charge is -2.05. The summed E-state index contributed by atoms with van der Waals surface area (Å²) in [5, 5.41) is 1.77. The third kappa shape index (κ3) is 1.67. The summed E-state index contributed by atoms with van der Waals surface area (Å²) < 4.78 is 8.61. The second-order valence-corrected chi connectivity index (χ2v) is 5.98. The van der Waals surface area contributed by atoms with Crippen LogP contribution in [0.3, 0.4) is 0 Å². The maximum absolute atomic E-state index is 12.8. The molecule has 0 aliphatic rings. The number of esters is 1. The molecule has 3 aromatic heterocycles. The largest absolute Gasteiger partial charge is 0.465 e. The molecule has 5 nitrogen and oxygen atoms in total. The molecule has 4 rings (SSSR count). The number of rotatable bonds is 2. The molecule has 3 heterocycles. The molecule has 1 aromatic carbocycles. The minimum Gasteiger partial charge on any atom is -0.465 e. The van der Waals surface area contributed by atoms with Gasteiger partial charge >= 0.3 is 5.97 Å². The number of carbonyl (C=O) groups is 1. The third-order valence-corrected chi connectivity index (χ3v) is 4.33. The molecule has 0 fully saturated rings. The van der Waals surface area contributed by atoms with Crippen molar-refractivity contribution < 1.29 is 9.53 Å². The monoisotopic (exact) mass is 308 g/mol. The van der Waals surface area contributed by atoms with Crippen LogP contribution in [-0.2, 0) is 4.74 Å². The SMILES string of the molecule is COC(=O)c1cc2c(=O)n(C(C)C)c3cc4ccccc1c4n23. The van der Waals surface area contributed by atoms with Crippen molar-refractivity contribution in [2.45, 2.75) is 19.9 Å². The summed E-state index contributed by atoms with van der Waals surface area (Å²) in [7, 11) is 1.35. The van der Waals surface area contributed by atoms with Crippen LogP contribution in [0.1, 0.15) is 30.2 Å². The van der Waals surface area contributed by atoms with Gasteiger partial charge in [-0.2, -0.15) is 0 Å². The van der Waals surface area contributed by atoms with Gasteiger partial charge in [-0.15, -0.1) is 0 Å². The van der Waals surface area contributed by atoms with Gasteiger partial charge in [0.05, 0.1) is 18.2 Å². The van der Waals surface area contributed by atoms with Crippen LogP contribution in [0.2, 0.25) is 0 Å². The van der Waals surface area contributed by atoms with Crippen molar-refractivity contribution in [3.63, 3.8) is 0 Å².